The van der Waals surface area contributed by atoms with Gasteiger partial charge in [-0.25, -0.2) is 4.79 Å². The highest BCUT2D eigenvalue weighted by Gasteiger charge is 2.28. The summed E-state index contributed by atoms with van der Waals surface area (Å²) >= 11 is 2.29. The number of hydrogen-bond acceptors (Lipinski definition) is 3. The SMILES string of the molecule is CC(C)(C)OC(=O)N1CCC(n2nc(I)c3ccccc32)CC1. The second-order valence-electron chi connectivity index (χ2n) is 6.95. The molecular formula is C17H22IN3O2. The fourth-order valence-electron chi connectivity index (χ4n) is 2.95. The molecule has 1 aliphatic rings. The molecule has 0 spiro atoms. The van der Waals surface area contributed by atoms with Gasteiger partial charge in [-0.3, -0.25) is 4.68 Å². The Morgan fingerprint density at radius 2 is 1.91 bits per heavy atom. The normalized spacial score (nSPS) is 16.8. The van der Waals surface area contributed by atoms with Crippen molar-refractivity contribution in [3.8, 4) is 0 Å². The number of benzene rings is 1. The molecule has 2 heterocycles. The topological polar surface area (TPSA) is 47.4 Å². The summed E-state index contributed by atoms with van der Waals surface area (Å²) in [5.74, 6) is 0. The summed E-state index contributed by atoms with van der Waals surface area (Å²) in [4.78, 5) is 14.0. The van der Waals surface area contributed by atoms with Crippen molar-refractivity contribution in [3.05, 3.63) is 28.0 Å². The van der Waals surface area contributed by atoms with Crippen LogP contribution in [0.3, 0.4) is 0 Å². The Kier molecular flexibility index (Phi) is 4.53. The maximum Gasteiger partial charge on any atom is 0.410 e. The Morgan fingerprint density at radius 3 is 2.57 bits per heavy atom. The van der Waals surface area contributed by atoms with Gasteiger partial charge in [0.2, 0.25) is 0 Å². The van der Waals surface area contributed by atoms with E-state index in [1.165, 1.54) is 10.9 Å². The molecule has 0 atom stereocenters. The number of ether oxygens (including phenoxy) is 1. The first-order chi connectivity index (χ1) is 10.8. The van der Waals surface area contributed by atoms with Crippen LogP contribution in [0.25, 0.3) is 10.9 Å². The molecule has 1 amide bonds. The summed E-state index contributed by atoms with van der Waals surface area (Å²) in [5.41, 5.74) is 0.731. The highest BCUT2D eigenvalue weighted by atomic mass is 127. The molecule has 124 valence electrons. The van der Waals surface area contributed by atoms with E-state index in [1.807, 2.05) is 32.9 Å². The fourth-order valence-corrected chi connectivity index (χ4v) is 3.64. The molecule has 1 aliphatic heterocycles. The largest absolute Gasteiger partial charge is 0.444 e. The number of fused-ring (bicyclic) bond motifs is 1. The lowest BCUT2D eigenvalue weighted by Crippen LogP contribution is -2.42. The van der Waals surface area contributed by atoms with Gasteiger partial charge in [-0.2, -0.15) is 5.10 Å². The van der Waals surface area contributed by atoms with Gasteiger partial charge in [-0.1, -0.05) is 18.2 Å². The zero-order chi connectivity index (χ0) is 16.6. The van der Waals surface area contributed by atoms with Crippen LogP contribution in [0.2, 0.25) is 0 Å². The third kappa shape index (κ3) is 3.62. The molecule has 23 heavy (non-hydrogen) atoms. The predicted molar refractivity (Wildman–Crippen MR) is 98.5 cm³/mol. The van der Waals surface area contributed by atoms with Crippen molar-refractivity contribution < 1.29 is 9.53 Å². The second-order valence-corrected chi connectivity index (χ2v) is 7.97. The zero-order valence-corrected chi connectivity index (χ0v) is 15.9. The van der Waals surface area contributed by atoms with Crippen LogP contribution in [0.1, 0.15) is 39.7 Å². The van der Waals surface area contributed by atoms with Crippen LogP contribution in [0.5, 0.6) is 0 Å². The van der Waals surface area contributed by atoms with Gasteiger partial charge in [0.1, 0.15) is 9.30 Å². The number of piperidine rings is 1. The first kappa shape index (κ1) is 16.5. The molecule has 3 rings (SSSR count). The van der Waals surface area contributed by atoms with E-state index >= 15 is 0 Å². The number of rotatable bonds is 1. The van der Waals surface area contributed by atoms with E-state index in [0.717, 1.165) is 16.5 Å². The minimum atomic E-state index is -0.442. The molecule has 1 fully saturated rings. The van der Waals surface area contributed by atoms with E-state index in [-0.39, 0.29) is 6.09 Å². The van der Waals surface area contributed by atoms with E-state index < -0.39 is 5.60 Å². The molecule has 6 heteroatoms. The lowest BCUT2D eigenvalue weighted by Gasteiger charge is -2.33. The molecule has 0 saturated carbocycles. The van der Waals surface area contributed by atoms with Crippen molar-refractivity contribution in [2.24, 2.45) is 0 Å². The Morgan fingerprint density at radius 1 is 1.26 bits per heavy atom. The summed E-state index contributed by atoms with van der Waals surface area (Å²) in [5, 5.41) is 5.91. The van der Waals surface area contributed by atoms with Gasteiger partial charge in [0.05, 0.1) is 11.6 Å². The number of aromatic nitrogens is 2. The van der Waals surface area contributed by atoms with Crippen LogP contribution < -0.4 is 0 Å². The maximum absolute atomic E-state index is 12.2. The van der Waals surface area contributed by atoms with Crippen molar-refractivity contribution in [2.75, 3.05) is 13.1 Å². The number of nitrogens with zero attached hydrogens (tertiary/aromatic N) is 3. The van der Waals surface area contributed by atoms with Gasteiger partial charge in [-0.05, 0) is 62.3 Å². The molecule has 1 aromatic heterocycles. The molecule has 1 aromatic carbocycles. The van der Waals surface area contributed by atoms with Crippen molar-refractivity contribution in [1.29, 1.82) is 0 Å². The molecular weight excluding hydrogens is 405 g/mol. The Labute approximate surface area is 150 Å². The molecule has 0 unspecified atom stereocenters. The minimum Gasteiger partial charge on any atom is -0.444 e. The molecule has 5 nitrogen and oxygen atoms in total. The maximum atomic E-state index is 12.2. The van der Waals surface area contributed by atoms with Gasteiger partial charge >= 0.3 is 6.09 Å². The van der Waals surface area contributed by atoms with E-state index in [0.29, 0.717) is 19.1 Å². The molecule has 0 radical (unpaired) electrons. The number of likely N-dealkylation sites (tertiary alicyclic amines) is 1. The van der Waals surface area contributed by atoms with Gasteiger partial charge in [0.15, 0.2) is 0 Å². The van der Waals surface area contributed by atoms with Gasteiger partial charge in [-0.15, -0.1) is 0 Å². The first-order valence-corrected chi connectivity index (χ1v) is 9.04. The summed E-state index contributed by atoms with van der Waals surface area (Å²) in [7, 11) is 0. The monoisotopic (exact) mass is 427 g/mol. The van der Waals surface area contributed by atoms with Crippen LogP contribution in [0, 0.1) is 3.70 Å². The quantitative estimate of drug-likeness (QED) is 0.641. The van der Waals surface area contributed by atoms with Crippen molar-refractivity contribution in [1.82, 2.24) is 14.7 Å². The molecule has 0 aliphatic carbocycles. The highest BCUT2D eigenvalue weighted by Crippen LogP contribution is 2.29. The van der Waals surface area contributed by atoms with Gasteiger partial charge < -0.3 is 9.64 Å². The summed E-state index contributed by atoms with van der Waals surface area (Å²) < 4.78 is 8.62. The fraction of sp³-hybridized carbons (Fsp3) is 0.529. The van der Waals surface area contributed by atoms with Gasteiger partial charge in [0, 0.05) is 18.5 Å². The van der Waals surface area contributed by atoms with E-state index in [9.17, 15) is 4.79 Å². The zero-order valence-electron chi connectivity index (χ0n) is 13.8. The van der Waals surface area contributed by atoms with Crippen LogP contribution >= 0.6 is 22.6 Å². The smallest absolute Gasteiger partial charge is 0.410 e. The Bertz CT molecular complexity index is 712. The number of amides is 1. The average molecular weight is 427 g/mol. The summed E-state index contributed by atoms with van der Waals surface area (Å²) in [6, 6.07) is 8.65. The Hall–Kier alpha value is -1.31. The average Bonchev–Trinajstić information content (AvgIpc) is 2.83. The number of halogens is 1. The second kappa shape index (κ2) is 6.30. The highest BCUT2D eigenvalue weighted by molar-refractivity contribution is 14.1. The first-order valence-electron chi connectivity index (χ1n) is 7.96. The number of carbonyl (C=O) groups is 1. The van der Waals surface area contributed by atoms with E-state index in [1.54, 1.807) is 4.90 Å². The standard InChI is InChI=1S/C17H22IN3O2/c1-17(2,3)23-16(22)20-10-8-12(9-11-20)21-14-7-5-4-6-13(14)15(18)19-21/h4-7,12H,8-11H2,1-3H3. The lowest BCUT2D eigenvalue weighted by atomic mass is 10.1. The third-order valence-electron chi connectivity index (χ3n) is 4.03. The molecule has 1 saturated heterocycles. The lowest BCUT2D eigenvalue weighted by molar-refractivity contribution is 0.0186. The number of carbonyl (C=O) groups excluding carboxylic acids is 1. The van der Waals surface area contributed by atoms with Crippen LogP contribution in [-0.2, 0) is 4.74 Å². The van der Waals surface area contributed by atoms with Crippen molar-refractivity contribution in [3.63, 3.8) is 0 Å². The van der Waals surface area contributed by atoms with Crippen LogP contribution in [0.15, 0.2) is 24.3 Å². The number of hydrogen-bond donors (Lipinski definition) is 0. The molecule has 0 N–H and O–H groups in total. The minimum absolute atomic E-state index is 0.212. The third-order valence-corrected chi connectivity index (χ3v) is 4.83. The van der Waals surface area contributed by atoms with E-state index in [2.05, 4.69) is 39.4 Å². The van der Waals surface area contributed by atoms with Crippen molar-refractivity contribution in [2.45, 2.75) is 45.3 Å². The number of para-hydroxylation sites is 1. The van der Waals surface area contributed by atoms with Crippen LogP contribution in [-0.4, -0.2) is 39.5 Å². The van der Waals surface area contributed by atoms with Crippen molar-refractivity contribution >= 4 is 39.6 Å². The Balaban J connectivity index is 1.70. The summed E-state index contributed by atoms with van der Waals surface area (Å²) in [6.45, 7) is 7.12. The van der Waals surface area contributed by atoms with E-state index in [4.69, 9.17) is 9.84 Å². The van der Waals surface area contributed by atoms with Crippen LogP contribution in [0.4, 0.5) is 4.79 Å². The summed E-state index contributed by atoms with van der Waals surface area (Å²) in [6.07, 6.45) is 1.60. The molecule has 0 bridgehead atoms. The predicted octanol–water partition coefficient (Wildman–Crippen LogP) is 4.21. The molecule has 2 aromatic rings. The van der Waals surface area contributed by atoms with Gasteiger partial charge in [0.25, 0.3) is 0 Å².